The van der Waals surface area contributed by atoms with Gasteiger partial charge < -0.3 is 20.1 Å². The van der Waals surface area contributed by atoms with Crippen molar-refractivity contribution in [1.29, 1.82) is 0 Å². The van der Waals surface area contributed by atoms with Gasteiger partial charge in [0.1, 0.15) is 5.60 Å². The van der Waals surface area contributed by atoms with Crippen molar-refractivity contribution in [1.82, 2.24) is 10.3 Å². The number of nitro groups is 1. The second-order valence-electron chi connectivity index (χ2n) is 6.05. The first-order valence-electron chi connectivity index (χ1n) is 7.57. The van der Waals surface area contributed by atoms with Gasteiger partial charge in [-0.2, -0.15) is 0 Å². The lowest BCUT2D eigenvalue weighted by atomic mass is 10.2. The molecule has 0 saturated heterocycles. The van der Waals surface area contributed by atoms with Crippen LogP contribution in [0.2, 0.25) is 0 Å². The van der Waals surface area contributed by atoms with Crippen LogP contribution in [0.4, 0.5) is 16.3 Å². The van der Waals surface area contributed by atoms with E-state index in [4.69, 9.17) is 4.74 Å². The van der Waals surface area contributed by atoms with E-state index in [0.717, 1.165) is 6.07 Å². The highest BCUT2D eigenvalue weighted by Gasteiger charge is 2.19. The average molecular weight is 354 g/mol. The Kier molecular flexibility index (Phi) is 7.09. The Balaban J connectivity index is 2.53. The predicted octanol–water partition coefficient (Wildman–Crippen LogP) is 2.10. The van der Waals surface area contributed by atoms with Gasteiger partial charge in [-0.3, -0.25) is 10.1 Å². The van der Waals surface area contributed by atoms with Crippen LogP contribution in [0.25, 0.3) is 0 Å². The molecule has 138 valence electrons. The molecule has 0 unspecified atom stereocenters. The van der Waals surface area contributed by atoms with Crippen LogP contribution in [-0.4, -0.2) is 47.8 Å². The zero-order chi connectivity index (χ0) is 19.0. The van der Waals surface area contributed by atoms with Gasteiger partial charge in [-0.25, -0.2) is 14.6 Å². The molecule has 1 heterocycles. The van der Waals surface area contributed by atoms with E-state index >= 15 is 0 Å². The summed E-state index contributed by atoms with van der Waals surface area (Å²) in [5.74, 6) is -0.668. The molecule has 1 rings (SSSR count). The van der Waals surface area contributed by atoms with E-state index in [9.17, 15) is 19.7 Å². The van der Waals surface area contributed by atoms with Crippen LogP contribution >= 0.6 is 0 Å². The van der Waals surface area contributed by atoms with E-state index < -0.39 is 22.6 Å². The largest absolute Gasteiger partial charge is 0.465 e. The molecule has 0 aliphatic heterocycles. The minimum Gasteiger partial charge on any atom is -0.465 e. The number of anilines is 1. The first-order valence-corrected chi connectivity index (χ1v) is 7.57. The standard InChI is InChI=1S/C15H22N4O6/c1-15(2,3)25-14(21)17-7-5-6-16-12-11(19(22)23)8-10(9-18-12)13(20)24-4/h8-9H,5-7H2,1-4H3,(H,16,18)(H,17,21). The van der Waals surface area contributed by atoms with Gasteiger partial charge in [0.15, 0.2) is 0 Å². The van der Waals surface area contributed by atoms with E-state index in [1.165, 1.54) is 13.3 Å². The van der Waals surface area contributed by atoms with Gasteiger partial charge in [0.2, 0.25) is 5.82 Å². The summed E-state index contributed by atoms with van der Waals surface area (Å²) in [6, 6.07) is 1.10. The van der Waals surface area contributed by atoms with Gasteiger partial charge in [-0.05, 0) is 27.2 Å². The number of rotatable bonds is 7. The SMILES string of the molecule is COC(=O)c1cnc(NCCCNC(=O)OC(C)(C)C)c([N+](=O)[O-])c1. The van der Waals surface area contributed by atoms with Gasteiger partial charge in [0.05, 0.1) is 17.6 Å². The summed E-state index contributed by atoms with van der Waals surface area (Å²) in [6.45, 7) is 5.95. The third-order valence-electron chi connectivity index (χ3n) is 2.80. The van der Waals surface area contributed by atoms with Crippen LogP contribution in [0.3, 0.4) is 0 Å². The molecular formula is C15H22N4O6. The van der Waals surface area contributed by atoms with Crippen LogP contribution < -0.4 is 10.6 Å². The van der Waals surface area contributed by atoms with Crippen LogP contribution in [0.1, 0.15) is 37.6 Å². The van der Waals surface area contributed by atoms with E-state index in [1.54, 1.807) is 20.8 Å². The maximum Gasteiger partial charge on any atom is 0.407 e. The van der Waals surface area contributed by atoms with Gasteiger partial charge in [0, 0.05) is 25.4 Å². The first-order chi connectivity index (χ1) is 11.6. The minimum absolute atomic E-state index is 0.00802. The lowest BCUT2D eigenvalue weighted by Crippen LogP contribution is -2.33. The Morgan fingerprint density at radius 3 is 2.56 bits per heavy atom. The van der Waals surface area contributed by atoms with E-state index in [-0.39, 0.29) is 17.1 Å². The zero-order valence-corrected chi connectivity index (χ0v) is 14.6. The summed E-state index contributed by atoms with van der Waals surface area (Å²) >= 11 is 0. The molecule has 0 saturated carbocycles. The average Bonchev–Trinajstić information content (AvgIpc) is 2.52. The lowest BCUT2D eigenvalue weighted by Gasteiger charge is -2.19. The number of aromatic nitrogens is 1. The molecule has 0 aliphatic rings. The fourth-order valence-electron chi connectivity index (χ4n) is 1.76. The third kappa shape index (κ3) is 7.02. The van der Waals surface area contributed by atoms with Crippen LogP contribution in [0.5, 0.6) is 0 Å². The number of hydrogen-bond donors (Lipinski definition) is 2. The quantitative estimate of drug-likeness (QED) is 0.329. The molecule has 10 heteroatoms. The predicted molar refractivity (Wildman–Crippen MR) is 89.6 cm³/mol. The molecule has 25 heavy (non-hydrogen) atoms. The highest BCUT2D eigenvalue weighted by Crippen LogP contribution is 2.23. The summed E-state index contributed by atoms with van der Waals surface area (Å²) in [6.07, 6.45) is 1.16. The highest BCUT2D eigenvalue weighted by atomic mass is 16.6. The number of carbonyl (C=O) groups excluding carboxylic acids is 2. The molecule has 0 aromatic carbocycles. The Hall–Kier alpha value is -2.91. The molecule has 2 N–H and O–H groups in total. The number of carbonyl (C=O) groups is 2. The Morgan fingerprint density at radius 2 is 2.00 bits per heavy atom. The topological polar surface area (TPSA) is 133 Å². The number of nitrogens with zero attached hydrogens (tertiary/aromatic N) is 2. The summed E-state index contributed by atoms with van der Waals surface area (Å²) < 4.78 is 9.59. The fourth-order valence-corrected chi connectivity index (χ4v) is 1.76. The van der Waals surface area contributed by atoms with Crippen LogP contribution in [0, 0.1) is 10.1 Å². The van der Waals surface area contributed by atoms with Crippen molar-refractivity contribution in [2.45, 2.75) is 32.8 Å². The Bertz CT molecular complexity index is 641. The molecule has 0 atom stereocenters. The molecule has 10 nitrogen and oxygen atoms in total. The van der Waals surface area contributed by atoms with Crippen molar-refractivity contribution in [2.75, 3.05) is 25.5 Å². The molecule has 0 bridgehead atoms. The number of alkyl carbamates (subject to hydrolysis) is 1. The molecular weight excluding hydrogens is 332 g/mol. The lowest BCUT2D eigenvalue weighted by molar-refractivity contribution is -0.384. The highest BCUT2D eigenvalue weighted by molar-refractivity contribution is 5.90. The number of hydrogen-bond acceptors (Lipinski definition) is 8. The maximum absolute atomic E-state index is 11.5. The Morgan fingerprint density at radius 1 is 1.32 bits per heavy atom. The second kappa shape index (κ2) is 8.81. The minimum atomic E-state index is -0.705. The summed E-state index contributed by atoms with van der Waals surface area (Å²) in [5, 5.41) is 16.5. The molecule has 0 fully saturated rings. The van der Waals surface area contributed by atoms with Gasteiger partial charge in [0.25, 0.3) is 0 Å². The maximum atomic E-state index is 11.5. The molecule has 1 amide bonds. The molecule has 0 spiro atoms. The van der Waals surface area contributed by atoms with Gasteiger partial charge in [-0.1, -0.05) is 0 Å². The van der Waals surface area contributed by atoms with Crippen LogP contribution in [-0.2, 0) is 9.47 Å². The fraction of sp³-hybridized carbons (Fsp3) is 0.533. The monoisotopic (exact) mass is 354 g/mol. The summed E-state index contributed by atoms with van der Waals surface area (Å²) in [7, 11) is 1.18. The number of pyridine rings is 1. The van der Waals surface area contributed by atoms with Crippen molar-refractivity contribution >= 4 is 23.6 Å². The zero-order valence-electron chi connectivity index (χ0n) is 14.6. The van der Waals surface area contributed by atoms with E-state index in [2.05, 4.69) is 20.4 Å². The van der Waals surface area contributed by atoms with E-state index in [0.29, 0.717) is 19.5 Å². The van der Waals surface area contributed by atoms with Crippen molar-refractivity contribution in [3.05, 3.63) is 27.9 Å². The number of esters is 1. The van der Waals surface area contributed by atoms with Crippen molar-refractivity contribution < 1.29 is 24.0 Å². The molecule has 1 aromatic rings. The van der Waals surface area contributed by atoms with Gasteiger partial charge >= 0.3 is 17.7 Å². The number of ether oxygens (including phenoxy) is 2. The smallest absolute Gasteiger partial charge is 0.407 e. The molecule has 0 aliphatic carbocycles. The first kappa shape index (κ1) is 20.1. The second-order valence-corrected chi connectivity index (χ2v) is 6.05. The normalized spacial score (nSPS) is 10.7. The molecule has 0 radical (unpaired) electrons. The van der Waals surface area contributed by atoms with Crippen LogP contribution in [0.15, 0.2) is 12.3 Å². The number of amides is 1. The van der Waals surface area contributed by atoms with Crippen molar-refractivity contribution in [3.8, 4) is 0 Å². The van der Waals surface area contributed by atoms with Crippen molar-refractivity contribution in [2.24, 2.45) is 0 Å². The molecule has 1 aromatic heterocycles. The third-order valence-corrected chi connectivity index (χ3v) is 2.80. The van der Waals surface area contributed by atoms with E-state index in [1.807, 2.05) is 0 Å². The van der Waals surface area contributed by atoms with Gasteiger partial charge in [-0.15, -0.1) is 0 Å². The summed E-state index contributed by atoms with van der Waals surface area (Å²) in [5.41, 5.74) is -0.914. The van der Waals surface area contributed by atoms with Crippen molar-refractivity contribution in [3.63, 3.8) is 0 Å². The number of methoxy groups -OCH3 is 1. The Labute approximate surface area is 145 Å². The number of nitrogens with one attached hydrogen (secondary N) is 2. The summed E-state index contributed by atoms with van der Waals surface area (Å²) in [4.78, 5) is 37.2.